The third kappa shape index (κ3) is 2.82. The summed E-state index contributed by atoms with van der Waals surface area (Å²) < 4.78 is 5.16. The van der Waals surface area contributed by atoms with Crippen LogP contribution in [-0.2, 0) is 4.74 Å². The lowest BCUT2D eigenvalue weighted by Crippen LogP contribution is -2.28. The molecule has 0 radical (unpaired) electrons. The molecule has 1 saturated heterocycles. The Morgan fingerprint density at radius 3 is 2.89 bits per heavy atom. The summed E-state index contributed by atoms with van der Waals surface area (Å²) in [5, 5.41) is 4.53. The minimum atomic E-state index is -0.183. The van der Waals surface area contributed by atoms with Gasteiger partial charge in [-0.2, -0.15) is 0 Å². The molecule has 3 rings (SSSR count). The minimum Gasteiger partial charge on any atom is -0.462 e. The Kier molecular flexibility index (Phi) is 3.84. The summed E-state index contributed by atoms with van der Waals surface area (Å²) in [6.07, 6.45) is 4.70. The predicted molar refractivity (Wildman–Crippen MR) is 74.9 cm³/mol. The maximum atomic E-state index is 12.0. The molecule has 1 atom stereocenters. The first-order valence-corrected chi connectivity index (χ1v) is 7.99. The molecule has 104 valence electrons. The number of piperidine rings is 1. The second kappa shape index (κ2) is 5.59. The molecule has 2 aliphatic rings. The van der Waals surface area contributed by atoms with E-state index >= 15 is 0 Å². The van der Waals surface area contributed by atoms with E-state index in [0.29, 0.717) is 18.4 Å². The van der Waals surface area contributed by atoms with Crippen LogP contribution < -0.4 is 5.32 Å². The van der Waals surface area contributed by atoms with Crippen molar-refractivity contribution < 1.29 is 9.53 Å². The van der Waals surface area contributed by atoms with Crippen molar-refractivity contribution in [3.05, 3.63) is 15.6 Å². The van der Waals surface area contributed by atoms with Gasteiger partial charge in [-0.25, -0.2) is 9.78 Å². The van der Waals surface area contributed by atoms with Crippen LogP contribution in [0.2, 0.25) is 0 Å². The highest BCUT2D eigenvalue weighted by Gasteiger charge is 2.34. The van der Waals surface area contributed by atoms with Crippen molar-refractivity contribution in [2.75, 3.05) is 19.7 Å². The first-order chi connectivity index (χ1) is 9.29. The lowest BCUT2D eigenvalue weighted by Gasteiger charge is -2.20. The first kappa shape index (κ1) is 13.1. The molecule has 1 aromatic rings. The Bertz CT molecular complexity index is 462. The number of nitrogens with one attached hydrogen (secondary N) is 1. The van der Waals surface area contributed by atoms with Gasteiger partial charge in [0.15, 0.2) is 0 Å². The molecule has 4 nitrogen and oxygen atoms in total. The van der Waals surface area contributed by atoms with Gasteiger partial charge in [0.1, 0.15) is 4.88 Å². The third-order valence-corrected chi connectivity index (χ3v) is 4.95. The van der Waals surface area contributed by atoms with Gasteiger partial charge in [-0.05, 0) is 39.2 Å². The van der Waals surface area contributed by atoms with E-state index in [1.54, 1.807) is 11.3 Å². The molecular weight excluding hydrogens is 260 g/mol. The van der Waals surface area contributed by atoms with E-state index in [2.05, 4.69) is 5.32 Å². The fourth-order valence-electron chi connectivity index (χ4n) is 2.56. The maximum absolute atomic E-state index is 12.0. The highest BCUT2D eigenvalue weighted by molar-refractivity contribution is 7.13. The lowest BCUT2D eigenvalue weighted by atomic mass is 10.0. The second-order valence-electron chi connectivity index (χ2n) is 5.30. The van der Waals surface area contributed by atoms with E-state index in [1.165, 1.54) is 25.7 Å². The zero-order valence-electron chi connectivity index (χ0n) is 11.3. The van der Waals surface area contributed by atoms with Gasteiger partial charge in [-0.3, -0.25) is 0 Å². The van der Waals surface area contributed by atoms with Crippen molar-refractivity contribution in [2.45, 2.75) is 44.4 Å². The van der Waals surface area contributed by atoms with Crippen molar-refractivity contribution in [3.63, 3.8) is 0 Å². The van der Waals surface area contributed by atoms with Crippen LogP contribution in [0, 0.1) is 0 Å². The number of carbonyl (C=O) groups is 1. The van der Waals surface area contributed by atoms with Crippen molar-refractivity contribution >= 4 is 17.3 Å². The summed E-state index contributed by atoms with van der Waals surface area (Å²) in [5.74, 6) is 0.789. The maximum Gasteiger partial charge on any atom is 0.350 e. The van der Waals surface area contributed by atoms with Crippen molar-refractivity contribution in [2.24, 2.45) is 0 Å². The zero-order valence-corrected chi connectivity index (χ0v) is 12.1. The van der Waals surface area contributed by atoms with Gasteiger partial charge in [-0.1, -0.05) is 0 Å². The molecule has 1 aliphatic carbocycles. The first-order valence-electron chi connectivity index (χ1n) is 7.18. The second-order valence-corrected chi connectivity index (χ2v) is 6.34. The lowest BCUT2D eigenvalue weighted by molar-refractivity contribution is 0.0530. The molecule has 1 aromatic heterocycles. The van der Waals surface area contributed by atoms with E-state index < -0.39 is 0 Å². The monoisotopic (exact) mass is 280 g/mol. The van der Waals surface area contributed by atoms with E-state index in [0.717, 1.165) is 28.7 Å². The van der Waals surface area contributed by atoms with Gasteiger partial charge in [0.25, 0.3) is 0 Å². The summed E-state index contributed by atoms with van der Waals surface area (Å²) >= 11 is 1.56. The summed E-state index contributed by atoms with van der Waals surface area (Å²) in [5.41, 5.74) is 1.00. The molecule has 0 amide bonds. The van der Waals surface area contributed by atoms with Gasteiger partial charge in [-0.15, -0.1) is 11.3 Å². The molecule has 0 bridgehead atoms. The molecule has 5 heteroatoms. The highest BCUT2D eigenvalue weighted by atomic mass is 32.1. The van der Waals surface area contributed by atoms with Gasteiger partial charge in [0, 0.05) is 18.4 Å². The fraction of sp³-hybridized carbons (Fsp3) is 0.714. The molecule has 1 aliphatic heterocycles. The van der Waals surface area contributed by atoms with E-state index in [-0.39, 0.29) is 5.97 Å². The zero-order chi connectivity index (χ0) is 13.2. The topological polar surface area (TPSA) is 51.2 Å². The van der Waals surface area contributed by atoms with Gasteiger partial charge in [0.2, 0.25) is 0 Å². The molecule has 0 spiro atoms. The smallest absolute Gasteiger partial charge is 0.350 e. The van der Waals surface area contributed by atoms with Crippen LogP contribution in [0.5, 0.6) is 0 Å². The van der Waals surface area contributed by atoms with Crippen LogP contribution in [0.4, 0.5) is 0 Å². The van der Waals surface area contributed by atoms with Gasteiger partial charge in [0.05, 0.1) is 17.3 Å². The largest absolute Gasteiger partial charge is 0.462 e. The number of nitrogens with zero attached hydrogens (tertiary/aromatic N) is 1. The summed E-state index contributed by atoms with van der Waals surface area (Å²) in [6.45, 7) is 4.37. The standard InChI is InChI=1S/C14H20N2O2S/c1-2-18-14(17)12-11(9-5-6-9)16-13(19-12)10-4-3-7-15-8-10/h9-10,15H,2-8H2,1H3. The average molecular weight is 280 g/mol. The van der Waals surface area contributed by atoms with Crippen LogP contribution >= 0.6 is 11.3 Å². The summed E-state index contributed by atoms with van der Waals surface area (Å²) in [4.78, 5) is 17.6. The molecule has 1 N–H and O–H groups in total. The number of thiazole rings is 1. The molecule has 2 fully saturated rings. The average Bonchev–Trinajstić information content (AvgIpc) is 3.19. The normalized spacial score (nSPS) is 23.3. The third-order valence-electron chi connectivity index (χ3n) is 3.74. The summed E-state index contributed by atoms with van der Waals surface area (Å²) in [6, 6.07) is 0. The quantitative estimate of drug-likeness (QED) is 0.862. The minimum absolute atomic E-state index is 0.183. The van der Waals surface area contributed by atoms with Crippen molar-refractivity contribution in [1.82, 2.24) is 10.3 Å². The predicted octanol–water partition coefficient (Wildman–Crippen LogP) is 2.66. The van der Waals surface area contributed by atoms with Crippen LogP contribution in [0.1, 0.15) is 64.8 Å². The van der Waals surface area contributed by atoms with E-state index in [1.807, 2.05) is 6.92 Å². The number of aromatic nitrogens is 1. The Labute approximate surface area is 117 Å². The van der Waals surface area contributed by atoms with E-state index in [4.69, 9.17) is 9.72 Å². The van der Waals surface area contributed by atoms with Crippen LogP contribution in [0.15, 0.2) is 0 Å². The SMILES string of the molecule is CCOC(=O)c1sc(C2CCCNC2)nc1C1CC1. The number of carbonyl (C=O) groups excluding carboxylic acids is 1. The van der Waals surface area contributed by atoms with Gasteiger partial charge >= 0.3 is 5.97 Å². The highest BCUT2D eigenvalue weighted by Crippen LogP contribution is 2.44. The number of rotatable bonds is 4. The number of ether oxygens (including phenoxy) is 1. The van der Waals surface area contributed by atoms with Crippen molar-refractivity contribution in [3.8, 4) is 0 Å². The molecule has 1 saturated carbocycles. The number of hydrogen-bond donors (Lipinski definition) is 1. The van der Waals surface area contributed by atoms with E-state index in [9.17, 15) is 4.79 Å². The van der Waals surface area contributed by atoms with Gasteiger partial charge < -0.3 is 10.1 Å². The summed E-state index contributed by atoms with van der Waals surface area (Å²) in [7, 11) is 0. The van der Waals surface area contributed by atoms with Crippen LogP contribution in [0.3, 0.4) is 0 Å². The number of esters is 1. The molecule has 1 unspecified atom stereocenters. The fourth-order valence-corrected chi connectivity index (χ4v) is 3.74. The Balaban J connectivity index is 1.85. The Hall–Kier alpha value is -0.940. The molecule has 0 aromatic carbocycles. The van der Waals surface area contributed by atoms with Crippen LogP contribution in [-0.4, -0.2) is 30.6 Å². The Morgan fingerprint density at radius 2 is 2.26 bits per heavy atom. The van der Waals surface area contributed by atoms with Crippen molar-refractivity contribution in [1.29, 1.82) is 0 Å². The number of hydrogen-bond acceptors (Lipinski definition) is 5. The van der Waals surface area contributed by atoms with Crippen LogP contribution in [0.25, 0.3) is 0 Å². The molecule has 2 heterocycles. The molecule has 19 heavy (non-hydrogen) atoms. The Morgan fingerprint density at radius 1 is 1.42 bits per heavy atom. The molecular formula is C14H20N2O2S.